The van der Waals surface area contributed by atoms with Crippen LogP contribution in [0.1, 0.15) is 68.9 Å². The zero-order chi connectivity index (χ0) is 30.9. The molecule has 2 aromatic rings. The van der Waals surface area contributed by atoms with Crippen molar-refractivity contribution in [2.24, 2.45) is 0 Å². The fourth-order valence-electron chi connectivity index (χ4n) is 7.52. The van der Waals surface area contributed by atoms with Gasteiger partial charge in [0.05, 0.1) is 21.8 Å². The Kier molecular flexibility index (Phi) is 9.20. The molecule has 1 spiro atoms. The highest BCUT2D eigenvalue weighted by atomic mass is 35.5. The van der Waals surface area contributed by atoms with Gasteiger partial charge in [-0.15, -0.1) is 0 Å². The monoisotopic (exact) mass is 643 g/mol. The fraction of sp³-hybridized carbons (Fsp3) is 0.545. The fourth-order valence-corrected chi connectivity index (χ4v) is 7.83. The predicted octanol–water partition coefficient (Wildman–Crippen LogP) is 5.06. The molecule has 8 nitrogen and oxygen atoms in total. The van der Waals surface area contributed by atoms with Crippen LogP contribution >= 0.6 is 23.2 Å². The first-order valence-corrected chi connectivity index (χ1v) is 16.6. The van der Waals surface area contributed by atoms with Gasteiger partial charge in [-0.1, -0.05) is 47.5 Å². The van der Waals surface area contributed by atoms with Gasteiger partial charge >= 0.3 is 0 Å². The van der Waals surface area contributed by atoms with Crippen LogP contribution in [0.5, 0.6) is 0 Å². The van der Waals surface area contributed by atoms with Gasteiger partial charge < -0.3 is 20.9 Å². The van der Waals surface area contributed by atoms with Gasteiger partial charge in [-0.2, -0.15) is 0 Å². The molecule has 3 fully saturated rings. The number of anilines is 1. The van der Waals surface area contributed by atoms with E-state index >= 15 is 0 Å². The van der Waals surface area contributed by atoms with Crippen LogP contribution in [-0.4, -0.2) is 70.8 Å². The van der Waals surface area contributed by atoms with E-state index in [2.05, 4.69) is 31.8 Å². The molecular formula is C33H40Cl2FN5O3. The highest BCUT2D eigenvalue weighted by Crippen LogP contribution is 2.45. The van der Waals surface area contributed by atoms with Crippen LogP contribution in [-0.2, 0) is 27.3 Å². The average Bonchev–Trinajstić information content (AvgIpc) is 3.48. The molecule has 3 amide bonds. The summed E-state index contributed by atoms with van der Waals surface area (Å²) in [5.74, 6) is -1.33. The molecule has 2 aromatic carbocycles. The first-order valence-electron chi connectivity index (χ1n) is 15.8. The lowest BCUT2D eigenvalue weighted by molar-refractivity contribution is -0.138. The van der Waals surface area contributed by atoms with E-state index < -0.39 is 23.3 Å². The van der Waals surface area contributed by atoms with E-state index in [1.807, 2.05) is 18.2 Å². The minimum Gasteiger partial charge on any atom is -0.340 e. The zero-order valence-electron chi connectivity index (χ0n) is 24.9. The Morgan fingerprint density at radius 2 is 1.70 bits per heavy atom. The molecule has 1 aliphatic carbocycles. The normalized spacial score (nSPS) is 22.2. The van der Waals surface area contributed by atoms with Crippen LogP contribution in [0.15, 0.2) is 36.4 Å². The third-order valence-corrected chi connectivity index (χ3v) is 11.0. The van der Waals surface area contributed by atoms with E-state index in [4.69, 9.17) is 23.2 Å². The lowest BCUT2D eigenvalue weighted by Gasteiger charge is -2.46. The highest BCUT2D eigenvalue weighted by molar-refractivity contribution is 6.42. The van der Waals surface area contributed by atoms with Crippen LogP contribution in [0.25, 0.3) is 0 Å². The Bertz CT molecular complexity index is 1430. The van der Waals surface area contributed by atoms with Crippen molar-refractivity contribution in [2.75, 3.05) is 31.5 Å². The summed E-state index contributed by atoms with van der Waals surface area (Å²) in [7, 11) is 0. The number of halogens is 3. The third-order valence-electron chi connectivity index (χ3n) is 10.2. The van der Waals surface area contributed by atoms with E-state index in [-0.39, 0.29) is 33.1 Å². The predicted molar refractivity (Wildman–Crippen MR) is 169 cm³/mol. The molecule has 6 rings (SSSR count). The maximum Gasteiger partial charge on any atom is 0.250 e. The number of hydrogen-bond donors (Lipinski definition) is 3. The largest absolute Gasteiger partial charge is 0.340 e. The second kappa shape index (κ2) is 12.9. The Balaban J connectivity index is 1.17. The molecule has 44 heavy (non-hydrogen) atoms. The average molecular weight is 645 g/mol. The van der Waals surface area contributed by atoms with Gasteiger partial charge in [0.2, 0.25) is 17.7 Å². The van der Waals surface area contributed by atoms with Crippen molar-refractivity contribution in [3.05, 3.63) is 63.4 Å². The Labute approximate surface area is 268 Å². The van der Waals surface area contributed by atoms with Crippen molar-refractivity contribution < 1.29 is 18.8 Å². The molecule has 4 aliphatic rings. The number of nitrogens with zero attached hydrogens (tertiary/aromatic N) is 2. The standard InChI is InChI=1S/C33H40Cl2FN5O3/c34-24-9-10-25(29(36)28(24)35)38-31(44)33(14-16-37-17-15-33)39-30(43)26-20-22-6-1-2-7-23(22)21-40(26)18-3-8-27(42)41-19-5-13-32(41)11-4-12-32/h1-2,6-7,9-10,26,37H,3-5,8,11-21H2,(H,38,44)(H,39,43)/t26-/m0/s1. The van der Waals surface area contributed by atoms with Gasteiger partial charge in [0.15, 0.2) is 5.82 Å². The third kappa shape index (κ3) is 6.08. The van der Waals surface area contributed by atoms with Crippen molar-refractivity contribution in [1.29, 1.82) is 0 Å². The van der Waals surface area contributed by atoms with Gasteiger partial charge in [-0.05, 0) is 101 Å². The number of benzene rings is 2. The summed E-state index contributed by atoms with van der Waals surface area (Å²) in [5, 5.41) is 8.80. The summed E-state index contributed by atoms with van der Waals surface area (Å²) >= 11 is 11.9. The lowest BCUT2D eigenvalue weighted by Crippen LogP contribution is -2.64. The number of carbonyl (C=O) groups is 3. The molecular weight excluding hydrogens is 604 g/mol. The molecule has 11 heteroatoms. The van der Waals surface area contributed by atoms with Crippen LogP contribution in [0.2, 0.25) is 10.0 Å². The van der Waals surface area contributed by atoms with Crippen LogP contribution in [0.4, 0.5) is 10.1 Å². The molecule has 0 radical (unpaired) electrons. The number of rotatable bonds is 8. The van der Waals surface area contributed by atoms with E-state index in [0.29, 0.717) is 58.3 Å². The van der Waals surface area contributed by atoms with Crippen LogP contribution in [0.3, 0.4) is 0 Å². The number of piperidine rings is 1. The van der Waals surface area contributed by atoms with E-state index in [1.54, 1.807) is 0 Å². The lowest BCUT2D eigenvalue weighted by atomic mass is 9.75. The summed E-state index contributed by atoms with van der Waals surface area (Å²) in [6.45, 7) is 3.08. The molecule has 2 saturated heterocycles. The maximum atomic E-state index is 14.8. The molecule has 3 N–H and O–H groups in total. The van der Waals surface area contributed by atoms with E-state index in [9.17, 15) is 18.8 Å². The Morgan fingerprint density at radius 3 is 2.43 bits per heavy atom. The zero-order valence-corrected chi connectivity index (χ0v) is 26.4. The molecule has 0 bridgehead atoms. The van der Waals surface area contributed by atoms with Gasteiger partial charge in [0.25, 0.3) is 0 Å². The van der Waals surface area contributed by atoms with Gasteiger partial charge in [0, 0.05) is 25.0 Å². The molecule has 3 aliphatic heterocycles. The summed E-state index contributed by atoms with van der Waals surface area (Å²) in [5.41, 5.74) is 1.06. The highest BCUT2D eigenvalue weighted by Gasteiger charge is 2.47. The smallest absolute Gasteiger partial charge is 0.250 e. The topological polar surface area (TPSA) is 93.8 Å². The molecule has 0 unspecified atom stereocenters. The molecule has 1 atom stereocenters. The van der Waals surface area contributed by atoms with Crippen LogP contribution < -0.4 is 16.0 Å². The second-order valence-corrected chi connectivity index (χ2v) is 13.6. The summed E-state index contributed by atoms with van der Waals surface area (Å²) in [6.07, 6.45) is 7.95. The number of hydrogen-bond acceptors (Lipinski definition) is 5. The first kappa shape index (κ1) is 31.3. The quantitative estimate of drug-likeness (QED) is 0.350. The molecule has 1 saturated carbocycles. The Morgan fingerprint density at radius 1 is 0.977 bits per heavy atom. The second-order valence-electron chi connectivity index (χ2n) is 12.8. The number of fused-ring (bicyclic) bond motifs is 1. The SMILES string of the molecule is O=C(NC1(C(=O)Nc2ccc(Cl)c(Cl)c2F)CCNCC1)[C@@H]1Cc2ccccc2CN1CCCC(=O)N1CCCC12CCC2. The minimum atomic E-state index is -1.23. The van der Waals surface area contributed by atoms with Crippen molar-refractivity contribution in [1.82, 2.24) is 20.4 Å². The van der Waals surface area contributed by atoms with Gasteiger partial charge in [0.1, 0.15) is 5.54 Å². The van der Waals surface area contributed by atoms with Crippen molar-refractivity contribution in [3.8, 4) is 0 Å². The molecule has 3 heterocycles. The van der Waals surface area contributed by atoms with Crippen molar-refractivity contribution in [3.63, 3.8) is 0 Å². The number of amides is 3. The first-order chi connectivity index (χ1) is 21.2. The van der Waals surface area contributed by atoms with E-state index in [1.165, 1.54) is 24.1 Å². The number of likely N-dealkylation sites (tertiary alicyclic amines) is 1. The van der Waals surface area contributed by atoms with Gasteiger partial charge in [-0.25, -0.2) is 4.39 Å². The summed E-state index contributed by atoms with van der Waals surface area (Å²) < 4.78 is 14.8. The summed E-state index contributed by atoms with van der Waals surface area (Å²) in [4.78, 5) is 45.4. The van der Waals surface area contributed by atoms with Gasteiger partial charge in [-0.3, -0.25) is 19.3 Å². The van der Waals surface area contributed by atoms with Crippen LogP contribution in [0, 0.1) is 5.82 Å². The Hall–Kier alpha value is -2.72. The molecule has 0 aromatic heterocycles. The van der Waals surface area contributed by atoms with Crippen molar-refractivity contribution in [2.45, 2.75) is 87.9 Å². The molecule has 236 valence electrons. The maximum absolute atomic E-state index is 14.8. The minimum absolute atomic E-state index is 0.0504. The number of carbonyl (C=O) groups excluding carboxylic acids is 3. The summed E-state index contributed by atoms with van der Waals surface area (Å²) in [6, 6.07) is 10.4. The number of nitrogens with one attached hydrogen (secondary N) is 3. The van der Waals surface area contributed by atoms with Crippen molar-refractivity contribution >= 4 is 46.6 Å². The van der Waals surface area contributed by atoms with E-state index in [0.717, 1.165) is 37.8 Å².